The van der Waals surface area contributed by atoms with E-state index >= 15 is 0 Å². The molecule has 6 heteroatoms. The molecule has 104 valence electrons. The van der Waals surface area contributed by atoms with Gasteiger partial charge in [0.1, 0.15) is 11.6 Å². The molecule has 1 fully saturated rings. The zero-order chi connectivity index (χ0) is 13.8. The molecule has 0 aromatic heterocycles. The molecule has 1 aliphatic rings. The van der Waals surface area contributed by atoms with Gasteiger partial charge in [0.15, 0.2) is 0 Å². The minimum Gasteiger partial charge on any atom is -0.468 e. The number of methoxy groups -OCH3 is 1. The third-order valence-electron chi connectivity index (χ3n) is 2.62. The summed E-state index contributed by atoms with van der Waals surface area (Å²) in [6.07, 6.45) is 0.949. The van der Waals surface area contributed by atoms with E-state index in [1.165, 1.54) is 7.11 Å². The molecule has 6 nitrogen and oxygen atoms in total. The largest absolute Gasteiger partial charge is 0.468 e. The van der Waals surface area contributed by atoms with E-state index in [-0.39, 0.29) is 18.1 Å². The Hall–Kier alpha value is -1.30. The lowest BCUT2D eigenvalue weighted by Gasteiger charge is -2.29. The smallest absolute Gasteiger partial charge is 0.407 e. The van der Waals surface area contributed by atoms with Gasteiger partial charge in [-0.05, 0) is 33.6 Å². The summed E-state index contributed by atoms with van der Waals surface area (Å²) in [6.45, 7) is 6.00. The van der Waals surface area contributed by atoms with Crippen molar-refractivity contribution in [2.45, 2.75) is 51.3 Å². The van der Waals surface area contributed by atoms with E-state index in [0.717, 1.165) is 6.42 Å². The lowest BCUT2D eigenvalue weighted by molar-refractivity contribution is -0.143. The Morgan fingerprint density at radius 3 is 2.39 bits per heavy atom. The molecule has 0 bridgehead atoms. The maximum absolute atomic E-state index is 11.5. The molecule has 1 amide bonds. The topological polar surface area (TPSA) is 76.7 Å². The third-order valence-corrected chi connectivity index (χ3v) is 2.62. The third kappa shape index (κ3) is 4.91. The summed E-state index contributed by atoms with van der Waals surface area (Å²) in [7, 11) is 1.37. The Kier molecular flexibility index (Phi) is 4.95. The summed E-state index contributed by atoms with van der Waals surface area (Å²) in [6, 6.07) is -0.285. The number of hydrogen-bond donors (Lipinski definition) is 2. The normalized spacial score (nSPS) is 24.2. The van der Waals surface area contributed by atoms with E-state index in [1.807, 2.05) is 20.8 Å². The fourth-order valence-corrected chi connectivity index (χ4v) is 1.80. The van der Waals surface area contributed by atoms with Crippen LogP contribution in [0, 0.1) is 0 Å². The molecule has 0 aromatic carbocycles. The van der Waals surface area contributed by atoms with E-state index < -0.39 is 11.7 Å². The zero-order valence-electron chi connectivity index (χ0n) is 11.4. The van der Waals surface area contributed by atoms with Gasteiger partial charge in [-0.3, -0.25) is 4.79 Å². The fourth-order valence-electron chi connectivity index (χ4n) is 1.80. The number of hydrogen-bond acceptors (Lipinski definition) is 5. The summed E-state index contributed by atoms with van der Waals surface area (Å²) in [4.78, 5) is 22.8. The summed E-state index contributed by atoms with van der Waals surface area (Å²) in [5.41, 5.74) is -0.499. The number of esters is 1. The van der Waals surface area contributed by atoms with Gasteiger partial charge in [-0.15, -0.1) is 0 Å². The lowest BCUT2D eigenvalue weighted by atomic mass is 10.0. The molecule has 1 aliphatic heterocycles. The van der Waals surface area contributed by atoms with Crippen molar-refractivity contribution >= 4 is 12.1 Å². The van der Waals surface area contributed by atoms with Crippen LogP contribution in [0.2, 0.25) is 0 Å². The molecule has 1 rings (SSSR count). The van der Waals surface area contributed by atoms with E-state index in [1.54, 1.807) is 0 Å². The molecule has 2 N–H and O–H groups in total. The number of carbonyl (C=O) groups excluding carboxylic acids is 2. The maximum Gasteiger partial charge on any atom is 0.407 e. The van der Waals surface area contributed by atoms with Crippen LogP contribution in [-0.2, 0) is 14.3 Å². The molecular formula is C12H22N2O4. The Labute approximate surface area is 107 Å². The van der Waals surface area contributed by atoms with Crippen molar-refractivity contribution in [1.29, 1.82) is 0 Å². The molecule has 0 radical (unpaired) electrons. The SMILES string of the molecule is COC(=O)[C@H]1CC[C@@H](NC(=O)OC(C)(C)C)CN1. The predicted octanol–water partition coefficient (Wildman–Crippen LogP) is 0.805. The van der Waals surface area contributed by atoms with Crippen LogP contribution in [0.1, 0.15) is 33.6 Å². The second kappa shape index (κ2) is 6.04. The Morgan fingerprint density at radius 1 is 1.28 bits per heavy atom. The van der Waals surface area contributed by atoms with Gasteiger partial charge in [0.2, 0.25) is 0 Å². The molecule has 18 heavy (non-hydrogen) atoms. The fraction of sp³-hybridized carbons (Fsp3) is 0.833. The van der Waals surface area contributed by atoms with Crippen LogP contribution >= 0.6 is 0 Å². The highest BCUT2D eigenvalue weighted by Gasteiger charge is 2.28. The van der Waals surface area contributed by atoms with Gasteiger partial charge in [-0.25, -0.2) is 4.79 Å². The Balaban J connectivity index is 2.31. The zero-order valence-corrected chi connectivity index (χ0v) is 11.4. The standard InChI is InChI=1S/C12H22N2O4/c1-12(2,3)18-11(16)14-8-5-6-9(13-7-8)10(15)17-4/h8-9,13H,5-7H2,1-4H3,(H,14,16)/t8-,9-/m1/s1. The summed E-state index contributed by atoms with van der Waals surface area (Å²) in [5, 5.41) is 5.82. The van der Waals surface area contributed by atoms with Crippen LogP contribution in [0.4, 0.5) is 4.79 Å². The van der Waals surface area contributed by atoms with Crippen molar-refractivity contribution in [1.82, 2.24) is 10.6 Å². The highest BCUT2D eigenvalue weighted by atomic mass is 16.6. The van der Waals surface area contributed by atoms with Crippen LogP contribution in [0.15, 0.2) is 0 Å². The van der Waals surface area contributed by atoms with Crippen molar-refractivity contribution in [3.8, 4) is 0 Å². The van der Waals surface area contributed by atoms with Crippen LogP contribution in [-0.4, -0.2) is 43.4 Å². The summed E-state index contributed by atoms with van der Waals surface area (Å²) < 4.78 is 9.82. The van der Waals surface area contributed by atoms with E-state index in [0.29, 0.717) is 13.0 Å². The van der Waals surface area contributed by atoms with Crippen molar-refractivity contribution in [3.63, 3.8) is 0 Å². The number of piperidine rings is 1. The highest BCUT2D eigenvalue weighted by molar-refractivity contribution is 5.75. The van der Waals surface area contributed by atoms with Gasteiger partial charge < -0.3 is 20.1 Å². The van der Waals surface area contributed by atoms with Crippen LogP contribution in [0.5, 0.6) is 0 Å². The van der Waals surface area contributed by atoms with Gasteiger partial charge in [-0.2, -0.15) is 0 Å². The highest BCUT2D eigenvalue weighted by Crippen LogP contribution is 2.11. The van der Waals surface area contributed by atoms with Crippen molar-refractivity contribution in [2.24, 2.45) is 0 Å². The quantitative estimate of drug-likeness (QED) is 0.717. The number of nitrogens with one attached hydrogen (secondary N) is 2. The van der Waals surface area contributed by atoms with Gasteiger partial charge in [0, 0.05) is 12.6 Å². The molecule has 1 heterocycles. The monoisotopic (exact) mass is 258 g/mol. The minimum atomic E-state index is -0.499. The maximum atomic E-state index is 11.5. The van der Waals surface area contributed by atoms with Crippen molar-refractivity contribution < 1.29 is 19.1 Å². The van der Waals surface area contributed by atoms with Gasteiger partial charge in [-0.1, -0.05) is 0 Å². The summed E-state index contributed by atoms with van der Waals surface area (Å²) in [5.74, 6) is -0.259. The molecule has 0 spiro atoms. The van der Waals surface area contributed by atoms with Crippen LogP contribution in [0.3, 0.4) is 0 Å². The average Bonchev–Trinajstić information content (AvgIpc) is 2.26. The Bertz CT molecular complexity index is 304. The number of carbonyl (C=O) groups is 2. The first-order valence-electron chi connectivity index (χ1n) is 6.12. The first-order chi connectivity index (χ1) is 8.31. The van der Waals surface area contributed by atoms with Gasteiger partial charge in [0.25, 0.3) is 0 Å². The number of amides is 1. The molecule has 1 saturated heterocycles. The molecular weight excluding hydrogens is 236 g/mol. The molecule has 0 saturated carbocycles. The molecule has 0 aromatic rings. The van der Waals surface area contributed by atoms with Crippen LogP contribution < -0.4 is 10.6 Å². The Morgan fingerprint density at radius 2 is 1.94 bits per heavy atom. The van der Waals surface area contributed by atoms with E-state index in [4.69, 9.17) is 4.74 Å². The molecule has 2 atom stereocenters. The molecule has 0 unspecified atom stereocenters. The average molecular weight is 258 g/mol. The second-order valence-corrected chi connectivity index (χ2v) is 5.40. The predicted molar refractivity (Wildman–Crippen MR) is 66.2 cm³/mol. The van der Waals surface area contributed by atoms with E-state index in [9.17, 15) is 9.59 Å². The first-order valence-corrected chi connectivity index (χ1v) is 6.12. The van der Waals surface area contributed by atoms with Crippen LogP contribution in [0.25, 0.3) is 0 Å². The lowest BCUT2D eigenvalue weighted by Crippen LogP contribution is -2.52. The summed E-state index contributed by atoms with van der Waals surface area (Å²) >= 11 is 0. The second-order valence-electron chi connectivity index (χ2n) is 5.40. The van der Waals surface area contributed by atoms with Gasteiger partial charge >= 0.3 is 12.1 Å². The van der Waals surface area contributed by atoms with Crippen molar-refractivity contribution in [2.75, 3.05) is 13.7 Å². The minimum absolute atomic E-state index is 0.0132. The number of alkyl carbamates (subject to hydrolysis) is 1. The van der Waals surface area contributed by atoms with Crippen molar-refractivity contribution in [3.05, 3.63) is 0 Å². The number of rotatable bonds is 2. The molecule has 0 aliphatic carbocycles. The first kappa shape index (κ1) is 14.8. The number of ether oxygens (including phenoxy) is 2. The van der Waals surface area contributed by atoms with Gasteiger partial charge in [0.05, 0.1) is 7.11 Å². The van der Waals surface area contributed by atoms with E-state index in [2.05, 4.69) is 15.4 Å².